The number of rotatable bonds is 5. The van der Waals surface area contributed by atoms with Gasteiger partial charge in [0.1, 0.15) is 0 Å². The van der Waals surface area contributed by atoms with Crippen LogP contribution in [0.5, 0.6) is 0 Å². The number of nitrogens with zero attached hydrogens (tertiary/aromatic N) is 6. The highest BCUT2D eigenvalue weighted by Crippen LogP contribution is 2.21. The van der Waals surface area contributed by atoms with E-state index in [1.165, 1.54) is 0 Å². The van der Waals surface area contributed by atoms with Gasteiger partial charge in [-0.05, 0) is 22.9 Å². The molecule has 65 valence electrons. The molecular weight excluding hydrogens is 156 g/mol. The van der Waals surface area contributed by atoms with Crippen molar-refractivity contribution in [2.24, 2.45) is 15.6 Å². The standard InChI is InChI=1S/C6H11N6/c1-3-6(2,4-9-11-7)5-10-12-8/h1,3-5H2,2H3. The fourth-order valence-corrected chi connectivity index (χ4v) is 0.613. The van der Waals surface area contributed by atoms with E-state index in [0.717, 1.165) is 0 Å². The van der Waals surface area contributed by atoms with Crippen molar-refractivity contribution in [3.63, 3.8) is 0 Å². The van der Waals surface area contributed by atoms with E-state index in [0.29, 0.717) is 19.5 Å². The lowest BCUT2D eigenvalue weighted by Gasteiger charge is -2.22. The maximum Gasteiger partial charge on any atom is 0.0313 e. The molecule has 0 aromatic carbocycles. The van der Waals surface area contributed by atoms with Crippen molar-refractivity contribution in [2.75, 3.05) is 13.1 Å². The van der Waals surface area contributed by atoms with Crippen LogP contribution in [0.3, 0.4) is 0 Å². The van der Waals surface area contributed by atoms with Gasteiger partial charge >= 0.3 is 0 Å². The van der Waals surface area contributed by atoms with Crippen LogP contribution in [0.25, 0.3) is 20.9 Å². The van der Waals surface area contributed by atoms with Gasteiger partial charge < -0.3 is 0 Å². The fourth-order valence-electron chi connectivity index (χ4n) is 0.613. The Balaban J connectivity index is 4.21. The van der Waals surface area contributed by atoms with Gasteiger partial charge in [-0.2, -0.15) is 0 Å². The predicted molar refractivity (Wildman–Crippen MR) is 46.1 cm³/mol. The average Bonchev–Trinajstić information content (AvgIpc) is 2.11. The molecule has 0 fully saturated rings. The molecule has 6 heteroatoms. The van der Waals surface area contributed by atoms with Crippen LogP contribution in [-0.4, -0.2) is 13.1 Å². The van der Waals surface area contributed by atoms with Gasteiger partial charge in [-0.15, -0.1) is 0 Å². The summed E-state index contributed by atoms with van der Waals surface area (Å²) < 4.78 is 0. The van der Waals surface area contributed by atoms with Crippen LogP contribution in [-0.2, 0) is 0 Å². The molecule has 0 N–H and O–H groups in total. The first-order valence-corrected chi connectivity index (χ1v) is 3.49. The summed E-state index contributed by atoms with van der Waals surface area (Å²) in [6.45, 7) is 6.18. The maximum atomic E-state index is 8.09. The Hall–Kier alpha value is -1.38. The lowest BCUT2D eigenvalue weighted by atomic mass is 9.88. The SMILES string of the molecule is [CH2]CC(C)(CN=[N+]=[N-])CN=[N+]=[N-]. The molecule has 0 aromatic rings. The molecule has 0 rings (SSSR count). The minimum absolute atomic E-state index is 0.307. The maximum absolute atomic E-state index is 8.09. The first-order chi connectivity index (χ1) is 5.68. The second kappa shape index (κ2) is 5.29. The average molecular weight is 167 g/mol. The van der Waals surface area contributed by atoms with E-state index in [2.05, 4.69) is 27.0 Å². The second-order valence-electron chi connectivity index (χ2n) is 2.84. The summed E-state index contributed by atoms with van der Waals surface area (Å²) in [6, 6.07) is 0. The normalized spacial score (nSPS) is 13.8. The molecular formula is C6H11N6. The summed E-state index contributed by atoms with van der Waals surface area (Å²) >= 11 is 0. The lowest BCUT2D eigenvalue weighted by molar-refractivity contribution is 0.351. The highest BCUT2D eigenvalue weighted by atomic mass is 15.2. The van der Waals surface area contributed by atoms with E-state index in [-0.39, 0.29) is 5.41 Å². The first-order valence-electron chi connectivity index (χ1n) is 3.49. The third-order valence-corrected chi connectivity index (χ3v) is 1.63. The molecule has 0 spiro atoms. The Bertz CT molecular complexity index is 202. The van der Waals surface area contributed by atoms with Crippen LogP contribution in [0.1, 0.15) is 13.3 Å². The molecule has 0 aliphatic heterocycles. The van der Waals surface area contributed by atoms with Gasteiger partial charge in [-0.3, -0.25) is 0 Å². The van der Waals surface area contributed by atoms with E-state index < -0.39 is 0 Å². The van der Waals surface area contributed by atoms with Crippen molar-refractivity contribution < 1.29 is 0 Å². The van der Waals surface area contributed by atoms with Crippen molar-refractivity contribution in [1.29, 1.82) is 0 Å². The molecule has 0 amide bonds. The van der Waals surface area contributed by atoms with Gasteiger partial charge in [0.05, 0.1) is 0 Å². The Morgan fingerprint density at radius 2 is 1.67 bits per heavy atom. The van der Waals surface area contributed by atoms with Gasteiger partial charge in [0.2, 0.25) is 0 Å². The molecule has 0 saturated heterocycles. The smallest absolute Gasteiger partial charge is 0.0313 e. The van der Waals surface area contributed by atoms with Gasteiger partial charge in [0, 0.05) is 22.9 Å². The molecule has 0 atom stereocenters. The van der Waals surface area contributed by atoms with E-state index in [9.17, 15) is 0 Å². The van der Waals surface area contributed by atoms with Gasteiger partial charge in [-0.25, -0.2) is 0 Å². The summed E-state index contributed by atoms with van der Waals surface area (Å²) in [5.41, 5.74) is 15.9. The quantitative estimate of drug-likeness (QED) is 0.341. The Morgan fingerprint density at radius 3 is 1.92 bits per heavy atom. The van der Waals surface area contributed by atoms with Crippen LogP contribution in [0.2, 0.25) is 0 Å². The first kappa shape index (κ1) is 10.6. The monoisotopic (exact) mass is 167 g/mol. The fraction of sp³-hybridized carbons (Fsp3) is 0.833. The van der Waals surface area contributed by atoms with Gasteiger partial charge in [-0.1, -0.05) is 24.1 Å². The summed E-state index contributed by atoms with van der Waals surface area (Å²) in [5, 5.41) is 6.85. The Morgan fingerprint density at radius 1 is 1.25 bits per heavy atom. The predicted octanol–water partition coefficient (Wildman–Crippen LogP) is 2.84. The van der Waals surface area contributed by atoms with Crippen molar-refractivity contribution in [3.05, 3.63) is 27.8 Å². The van der Waals surface area contributed by atoms with Crippen LogP contribution in [0.4, 0.5) is 0 Å². The van der Waals surface area contributed by atoms with Crippen LogP contribution in [0.15, 0.2) is 10.2 Å². The van der Waals surface area contributed by atoms with E-state index >= 15 is 0 Å². The zero-order valence-corrected chi connectivity index (χ0v) is 7.01. The topological polar surface area (TPSA) is 97.5 Å². The Kier molecular flexibility index (Phi) is 4.69. The molecule has 0 aromatic heterocycles. The summed E-state index contributed by atoms with van der Waals surface area (Å²) in [7, 11) is 0. The zero-order valence-electron chi connectivity index (χ0n) is 7.01. The Labute approximate surface area is 70.8 Å². The van der Waals surface area contributed by atoms with Crippen LogP contribution in [0, 0.1) is 12.3 Å². The second-order valence-corrected chi connectivity index (χ2v) is 2.84. The molecule has 1 radical (unpaired) electrons. The van der Waals surface area contributed by atoms with Gasteiger partial charge in [0.15, 0.2) is 0 Å². The van der Waals surface area contributed by atoms with E-state index in [1.807, 2.05) is 6.92 Å². The molecule has 0 aliphatic carbocycles. The molecule has 0 aliphatic rings. The largest absolute Gasteiger partial charge is 0.0934 e. The highest BCUT2D eigenvalue weighted by Gasteiger charge is 2.19. The van der Waals surface area contributed by atoms with Crippen molar-refractivity contribution >= 4 is 0 Å². The molecule has 6 nitrogen and oxygen atoms in total. The zero-order chi connectivity index (χ0) is 9.45. The van der Waals surface area contributed by atoms with Crippen molar-refractivity contribution in [1.82, 2.24) is 0 Å². The van der Waals surface area contributed by atoms with Crippen LogP contribution < -0.4 is 0 Å². The molecule has 12 heavy (non-hydrogen) atoms. The number of hydrogen-bond donors (Lipinski definition) is 0. The highest BCUT2D eigenvalue weighted by molar-refractivity contribution is 4.80. The summed E-state index contributed by atoms with van der Waals surface area (Å²) in [5.74, 6) is 0. The van der Waals surface area contributed by atoms with E-state index in [4.69, 9.17) is 11.1 Å². The minimum Gasteiger partial charge on any atom is -0.0934 e. The third-order valence-electron chi connectivity index (χ3n) is 1.63. The molecule has 0 saturated carbocycles. The molecule has 0 heterocycles. The van der Waals surface area contributed by atoms with Crippen molar-refractivity contribution in [2.45, 2.75) is 13.3 Å². The number of azide groups is 2. The van der Waals surface area contributed by atoms with Gasteiger partial charge in [0.25, 0.3) is 0 Å². The third kappa shape index (κ3) is 3.71. The van der Waals surface area contributed by atoms with E-state index in [1.54, 1.807) is 0 Å². The van der Waals surface area contributed by atoms with Crippen molar-refractivity contribution in [3.8, 4) is 0 Å². The lowest BCUT2D eigenvalue weighted by Crippen LogP contribution is -2.22. The summed E-state index contributed by atoms with van der Waals surface area (Å²) in [4.78, 5) is 5.28. The molecule has 0 bridgehead atoms. The summed E-state index contributed by atoms with van der Waals surface area (Å²) in [6.07, 6.45) is 0.574. The molecule has 0 unspecified atom stereocenters. The van der Waals surface area contributed by atoms with Crippen LogP contribution >= 0.6 is 0 Å². The minimum atomic E-state index is -0.307. The number of hydrogen-bond acceptors (Lipinski definition) is 2.